The first-order valence-corrected chi connectivity index (χ1v) is 11.4. The van der Waals surface area contributed by atoms with Gasteiger partial charge in [0, 0.05) is 0 Å². The van der Waals surface area contributed by atoms with Crippen molar-refractivity contribution in [3.05, 3.63) is 53.3 Å². The lowest BCUT2D eigenvalue weighted by molar-refractivity contribution is 0.102. The van der Waals surface area contributed by atoms with Crippen LogP contribution in [0.2, 0.25) is 0 Å². The van der Waals surface area contributed by atoms with Gasteiger partial charge in [0.1, 0.15) is 17.2 Å². The van der Waals surface area contributed by atoms with Crippen molar-refractivity contribution < 1.29 is 19.0 Å². The van der Waals surface area contributed by atoms with Crippen LogP contribution >= 0.6 is 0 Å². The van der Waals surface area contributed by atoms with Gasteiger partial charge < -0.3 is 19.5 Å². The summed E-state index contributed by atoms with van der Waals surface area (Å²) in [5, 5.41) is 11.4. The molecule has 8 heteroatoms. The number of unbranched alkanes of at least 4 members (excludes halogenated alkanes) is 1. The van der Waals surface area contributed by atoms with E-state index in [1.165, 1.54) is 0 Å². The molecule has 0 atom stereocenters. The first-order valence-electron chi connectivity index (χ1n) is 11.4. The summed E-state index contributed by atoms with van der Waals surface area (Å²) in [6.45, 7) is 10.9. The molecule has 0 fully saturated rings. The quantitative estimate of drug-likeness (QED) is 0.429. The highest BCUT2D eigenvalue weighted by Gasteiger charge is 2.23. The molecule has 8 nitrogen and oxygen atoms in total. The minimum absolute atomic E-state index is 0.0824. The van der Waals surface area contributed by atoms with Gasteiger partial charge in [-0.3, -0.25) is 4.79 Å². The summed E-state index contributed by atoms with van der Waals surface area (Å²) < 4.78 is 18.5. The standard InChI is InChI=1S/C26H34N4O4/c1-8-9-15-34-20-14-13-18(26(3,4)5)16-19(20)27-25(31)23-17(2)30(29-28-23)24-21(32-6)11-10-12-22(24)33-7/h10-14,16H,8-9,15H2,1-7H3,(H,27,31). The first-order chi connectivity index (χ1) is 16.2. The average Bonchev–Trinajstić information content (AvgIpc) is 3.19. The van der Waals surface area contributed by atoms with Crippen LogP contribution in [0.5, 0.6) is 17.2 Å². The summed E-state index contributed by atoms with van der Waals surface area (Å²) in [6, 6.07) is 11.3. The summed E-state index contributed by atoms with van der Waals surface area (Å²) >= 11 is 0. The second kappa shape index (κ2) is 10.6. The minimum Gasteiger partial charge on any atom is -0.494 e. The van der Waals surface area contributed by atoms with E-state index < -0.39 is 0 Å². The fourth-order valence-electron chi connectivity index (χ4n) is 3.52. The number of benzene rings is 2. The Morgan fingerprint density at radius 1 is 1.06 bits per heavy atom. The third-order valence-electron chi connectivity index (χ3n) is 5.57. The van der Waals surface area contributed by atoms with Gasteiger partial charge in [-0.25, -0.2) is 4.68 Å². The van der Waals surface area contributed by atoms with E-state index in [1.807, 2.05) is 24.3 Å². The molecule has 1 N–H and O–H groups in total. The highest BCUT2D eigenvalue weighted by Crippen LogP contribution is 2.34. The zero-order valence-corrected chi connectivity index (χ0v) is 21.1. The summed E-state index contributed by atoms with van der Waals surface area (Å²) in [5.74, 6) is 1.38. The topological polar surface area (TPSA) is 87.5 Å². The molecule has 0 spiro atoms. The molecule has 34 heavy (non-hydrogen) atoms. The minimum atomic E-state index is -0.371. The van der Waals surface area contributed by atoms with Gasteiger partial charge in [0.15, 0.2) is 11.4 Å². The number of para-hydroxylation sites is 1. The molecule has 0 saturated carbocycles. The summed E-state index contributed by atoms with van der Waals surface area (Å²) in [6.07, 6.45) is 1.96. The van der Waals surface area contributed by atoms with Gasteiger partial charge in [-0.2, -0.15) is 0 Å². The van der Waals surface area contributed by atoms with E-state index in [4.69, 9.17) is 14.2 Å². The number of ether oxygens (including phenoxy) is 3. The molecule has 0 bridgehead atoms. The second-order valence-corrected chi connectivity index (χ2v) is 9.06. The lowest BCUT2D eigenvalue weighted by Crippen LogP contribution is -2.17. The fraction of sp³-hybridized carbons (Fsp3) is 0.423. The maximum Gasteiger partial charge on any atom is 0.278 e. The third kappa shape index (κ3) is 5.32. The smallest absolute Gasteiger partial charge is 0.278 e. The normalized spacial score (nSPS) is 11.3. The SMILES string of the molecule is CCCCOc1ccc(C(C)(C)C)cc1NC(=O)c1nnn(-c2c(OC)cccc2OC)c1C. The van der Waals surface area contributed by atoms with Crippen molar-refractivity contribution in [3.63, 3.8) is 0 Å². The number of hydrogen-bond donors (Lipinski definition) is 1. The molecule has 3 aromatic rings. The van der Waals surface area contributed by atoms with E-state index in [-0.39, 0.29) is 17.0 Å². The van der Waals surface area contributed by atoms with Gasteiger partial charge in [-0.05, 0) is 48.6 Å². The van der Waals surface area contributed by atoms with Crippen LogP contribution < -0.4 is 19.5 Å². The predicted octanol–water partition coefficient (Wildman–Crippen LogP) is 5.32. The van der Waals surface area contributed by atoms with Crippen molar-refractivity contribution in [2.45, 2.75) is 52.9 Å². The highest BCUT2D eigenvalue weighted by molar-refractivity contribution is 6.04. The Balaban J connectivity index is 1.96. The molecular formula is C26H34N4O4. The number of aromatic nitrogens is 3. The Bertz CT molecular complexity index is 1130. The number of rotatable bonds is 9. The van der Waals surface area contributed by atoms with Crippen LogP contribution in [0.3, 0.4) is 0 Å². The Kier molecular flexibility index (Phi) is 7.81. The Morgan fingerprint density at radius 3 is 2.32 bits per heavy atom. The monoisotopic (exact) mass is 466 g/mol. The summed E-state index contributed by atoms with van der Waals surface area (Å²) in [4.78, 5) is 13.3. The molecule has 0 aliphatic carbocycles. The van der Waals surface area contributed by atoms with Crippen LogP contribution in [-0.2, 0) is 5.41 Å². The van der Waals surface area contributed by atoms with Gasteiger partial charge >= 0.3 is 0 Å². The number of hydrogen-bond acceptors (Lipinski definition) is 6. The van der Waals surface area contributed by atoms with Crippen molar-refractivity contribution in [3.8, 4) is 22.9 Å². The van der Waals surface area contributed by atoms with Crippen molar-refractivity contribution in [1.82, 2.24) is 15.0 Å². The molecule has 0 unspecified atom stereocenters. The molecular weight excluding hydrogens is 432 g/mol. The molecule has 0 radical (unpaired) electrons. The van der Waals surface area contributed by atoms with Gasteiger partial charge in [0.05, 0.1) is 32.2 Å². The highest BCUT2D eigenvalue weighted by atomic mass is 16.5. The van der Waals surface area contributed by atoms with Crippen LogP contribution in [0, 0.1) is 6.92 Å². The zero-order valence-electron chi connectivity index (χ0n) is 21.1. The number of nitrogens with zero attached hydrogens (tertiary/aromatic N) is 3. The van der Waals surface area contributed by atoms with Crippen molar-refractivity contribution in [1.29, 1.82) is 0 Å². The van der Waals surface area contributed by atoms with E-state index in [9.17, 15) is 4.79 Å². The van der Waals surface area contributed by atoms with Crippen LogP contribution in [0.4, 0.5) is 5.69 Å². The first kappa shape index (κ1) is 25.1. The number of anilines is 1. The van der Waals surface area contributed by atoms with Gasteiger partial charge in [0.2, 0.25) is 0 Å². The maximum absolute atomic E-state index is 13.3. The molecule has 3 rings (SSSR count). The fourth-order valence-corrected chi connectivity index (χ4v) is 3.52. The summed E-state index contributed by atoms with van der Waals surface area (Å²) in [7, 11) is 3.14. The molecule has 1 aromatic heterocycles. The average molecular weight is 467 g/mol. The molecule has 0 saturated heterocycles. The number of nitrogens with one attached hydrogen (secondary N) is 1. The number of methoxy groups -OCH3 is 2. The number of carbonyl (C=O) groups is 1. The van der Waals surface area contributed by atoms with Crippen LogP contribution in [0.15, 0.2) is 36.4 Å². The van der Waals surface area contributed by atoms with E-state index >= 15 is 0 Å². The molecule has 1 amide bonds. The zero-order chi connectivity index (χ0) is 24.9. The molecule has 182 valence electrons. The van der Waals surface area contributed by atoms with E-state index in [0.717, 1.165) is 18.4 Å². The van der Waals surface area contributed by atoms with E-state index in [2.05, 4.69) is 43.3 Å². The van der Waals surface area contributed by atoms with Gasteiger partial charge in [0.25, 0.3) is 5.91 Å². The second-order valence-electron chi connectivity index (χ2n) is 9.06. The third-order valence-corrected chi connectivity index (χ3v) is 5.57. The Labute approximate surface area is 201 Å². The molecule has 0 aliphatic heterocycles. The summed E-state index contributed by atoms with van der Waals surface area (Å²) in [5.41, 5.74) is 2.95. The van der Waals surface area contributed by atoms with E-state index in [0.29, 0.717) is 40.9 Å². The van der Waals surface area contributed by atoms with E-state index in [1.54, 1.807) is 38.0 Å². The number of carbonyl (C=O) groups excluding carboxylic acids is 1. The van der Waals surface area contributed by atoms with Crippen LogP contribution in [-0.4, -0.2) is 41.7 Å². The molecule has 2 aromatic carbocycles. The predicted molar refractivity (Wildman–Crippen MR) is 133 cm³/mol. The molecule has 1 heterocycles. The lowest BCUT2D eigenvalue weighted by atomic mass is 9.87. The molecule has 0 aliphatic rings. The van der Waals surface area contributed by atoms with Crippen LogP contribution in [0.1, 0.15) is 62.3 Å². The lowest BCUT2D eigenvalue weighted by Gasteiger charge is -2.21. The Hall–Kier alpha value is -3.55. The van der Waals surface area contributed by atoms with Gasteiger partial charge in [-0.1, -0.05) is 51.5 Å². The van der Waals surface area contributed by atoms with Crippen molar-refractivity contribution in [2.75, 3.05) is 26.1 Å². The van der Waals surface area contributed by atoms with Crippen LogP contribution in [0.25, 0.3) is 5.69 Å². The maximum atomic E-state index is 13.3. The largest absolute Gasteiger partial charge is 0.494 e. The van der Waals surface area contributed by atoms with Gasteiger partial charge in [-0.15, -0.1) is 5.10 Å². The van der Waals surface area contributed by atoms with Crippen molar-refractivity contribution in [2.24, 2.45) is 0 Å². The number of amides is 1. The Morgan fingerprint density at radius 2 is 1.74 bits per heavy atom. The van der Waals surface area contributed by atoms with Crippen molar-refractivity contribution >= 4 is 11.6 Å².